The minimum Gasteiger partial charge on any atom is -0.494 e. The van der Waals surface area contributed by atoms with Gasteiger partial charge in [0.05, 0.1) is 18.7 Å². The van der Waals surface area contributed by atoms with Crippen LogP contribution in [0.3, 0.4) is 0 Å². The number of benzene rings is 2. The molecule has 2 heterocycles. The number of hydrogen-bond donors (Lipinski definition) is 1. The van der Waals surface area contributed by atoms with E-state index in [1.165, 1.54) is 31.4 Å². The Kier molecular flexibility index (Phi) is 9.27. The number of ether oxygens (including phenoxy) is 2. The lowest BCUT2D eigenvalue weighted by Crippen LogP contribution is -2.33. The molecule has 1 saturated heterocycles. The first-order chi connectivity index (χ1) is 17.6. The van der Waals surface area contributed by atoms with Gasteiger partial charge in [0.2, 0.25) is 11.8 Å². The van der Waals surface area contributed by atoms with Gasteiger partial charge in [-0.25, -0.2) is 9.37 Å². The van der Waals surface area contributed by atoms with Crippen LogP contribution in [0.25, 0.3) is 11.1 Å². The largest absolute Gasteiger partial charge is 0.494 e. The molecular weight excluding hydrogens is 457 g/mol. The molecule has 3 aromatic rings. The van der Waals surface area contributed by atoms with E-state index in [-0.39, 0.29) is 24.7 Å². The van der Waals surface area contributed by atoms with Crippen molar-refractivity contribution in [3.8, 4) is 22.8 Å². The monoisotopic (exact) mass is 491 g/mol. The lowest BCUT2D eigenvalue weighted by atomic mass is 10.1. The van der Waals surface area contributed by atoms with Crippen molar-refractivity contribution in [1.82, 2.24) is 15.2 Å². The van der Waals surface area contributed by atoms with Crippen molar-refractivity contribution in [2.75, 3.05) is 32.8 Å². The molecular formula is C29H34FN3O3. The van der Waals surface area contributed by atoms with Crippen molar-refractivity contribution in [2.24, 2.45) is 0 Å². The molecule has 0 aliphatic carbocycles. The summed E-state index contributed by atoms with van der Waals surface area (Å²) in [6, 6.07) is 17.9. The highest BCUT2D eigenvalue weighted by Gasteiger charge is 2.14. The quantitative estimate of drug-likeness (QED) is 0.409. The molecule has 1 fully saturated rings. The first-order valence-corrected chi connectivity index (χ1v) is 12.7. The summed E-state index contributed by atoms with van der Waals surface area (Å²) in [6.07, 6.45) is 3.87. The van der Waals surface area contributed by atoms with Gasteiger partial charge in [-0.05, 0) is 80.4 Å². The minimum atomic E-state index is -0.320. The molecule has 0 bridgehead atoms. The number of hydrogen-bond acceptors (Lipinski definition) is 5. The van der Waals surface area contributed by atoms with Crippen molar-refractivity contribution in [1.29, 1.82) is 0 Å². The van der Waals surface area contributed by atoms with Gasteiger partial charge >= 0.3 is 0 Å². The highest BCUT2D eigenvalue weighted by atomic mass is 19.1. The lowest BCUT2D eigenvalue weighted by Gasteiger charge is -2.26. The Morgan fingerprint density at radius 2 is 1.83 bits per heavy atom. The molecule has 1 aliphatic heterocycles. The van der Waals surface area contributed by atoms with Gasteiger partial charge in [-0.1, -0.05) is 30.7 Å². The van der Waals surface area contributed by atoms with E-state index in [1.54, 1.807) is 12.1 Å². The second-order valence-electron chi connectivity index (χ2n) is 8.95. The summed E-state index contributed by atoms with van der Waals surface area (Å²) in [4.78, 5) is 19.7. The lowest BCUT2D eigenvalue weighted by molar-refractivity contribution is -0.120. The Morgan fingerprint density at radius 1 is 1.03 bits per heavy atom. The number of amides is 1. The number of likely N-dealkylation sites (tertiary alicyclic amines) is 1. The fourth-order valence-electron chi connectivity index (χ4n) is 4.33. The fraction of sp³-hybridized carbons (Fsp3) is 0.379. The molecule has 0 spiro atoms. The molecule has 0 unspecified atom stereocenters. The van der Waals surface area contributed by atoms with Crippen molar-refractivity contribution < 1.29 is 18.7 Å². The number of carbonyl (C=O) groups excluding carboxylic acids is 1. The Morgan fingerprint density at radius 3 is 2.58 bits per heavy atom. The third-order valence-corrected chi connectivity index (χ3v) is 6.21. The van der Waals surface area contributed by atoms with Crippen LogP contribution in [0.1, 0.15) is 37.4 Å². The summed E-state index contributed by atoms with van der Waals surface area (Å²) >= 11 is 0. The van der Waals surface area contributed by atoms with Crippen LogP contribution in [0.2, 0.25) is 0 Å². The number of halogens is 1. The van der Waals surface area contributed by atoms with E-state index < -0.39 is 0 Å². The summed E-state index contributed by atoms with van der Waals surface area (Å²) < 4.78 is 25.1. The molecule has 2 aromatic carbocycles. The molecule has 7 heteroatoms. The van der Waals surface area contributed by atoms with Gasteiger partial charge in [0, 0.05) is 18.7 Å². The predicted octanol–water partition coefficient (Wildman–Crippen LogP) is 5.01. The molecule has 0 atom stereocenters. The molecule has 1 N–H and O–H groups in total. The van der Waals surface area contributed by atoms with Gasteiger partial charge in [0.1, 0.15) is 18.2 Å². The Labute approximate surface area is 212 Å². The Bertz CT molecular complexity index is 1130. The van der Waals surface area contributed by atoms with Gasteiger partial charge in [0.25, 0.3) is 0 Å². The van der Waals surface area contributed by atoms with Crippen LogP contribution in [0.5, 0.6) is 11.6 Å². The average Bonchev–Trinajstić information content (AvgIpc) is 2.89. The molecule has 1 amide bonds. The predicted molar refractivity (Wildman–Crippen MR) is 139 cm³/mol. The molecule has 36 heavy (non-hydrogen) atoms. The molecule has 0 saturated carbocycles. The fourth-order valence-corrected chi connectivity index (χ4v) is 4.33. The zero-order chi connectivity index (χ0) is 25.2. The smallest absolute Gasteiger partial charge is 0.226 e. The zero-order valence-corrected chi connectivity index (χ0v) is 20.8. The molecule has 0 radical (unpaired) electrons. The first-order valence-electron chi connectivity index (χ1n) is 12.7. The summed E-state index contributed by atoms with van der Waals surface area (Å²) in [6.45, 7) is 6.43. The highest BCUT2D eigenvalue weighted by molar-refractivity contribution is 5.78. The van der Waals surface area contributed by atoms with Crippen molar-refractivity contribution >= 4 is 5.91 Å². The Hall–Kier alpha value is -3.45. The van der Waals surface area contributed by atoms with Crippen LogP contribution >= 0.6 is 0 Å². The van der Waals surface area contributed by atoms with E-state index in [4.69, 9.17) is 14.5 Å². The topological polar surface area (TPSA) is 63.7 Å². The average molecular weight is 492 g/mol. The number of nitrogens with zero attached hydrogens (tertiary/aromatic N) is 2. The summed E-state index contributed by atoms with van der Waals surface area (Å²) in [5, 5.41) is 2.84. The van der Waals surface area contributed by atoms with E-state index in [2.05, 4.69) is 10.2 Å². The second-order valence-corrected chi connectivity index (χ2v) is 8.95. The van der Waals surface area contributed by atoms with Crippen LogP contribution < -0.4 is 14.8 Å². The van der Waals surface area contributed by atoms with Gasteiger partial charge in [-0.2, -0.15) is 0 Å². The van der Waals surface area contributed by atoms with Gasteiger partial charge in [-0.3, -0.25) is 9.69 Å². The van der Waals surface area contributed by atoms with Crippen LogP contribution in [0.15, 0.2) is 60.7 Å². The van der Waals surface area contributed by atoms with Gasteiger partial charge in [0.15, 0.2) is 0 Å². The number of carbonyl (C=O) groups is 1. The Balaban J connectivity index is 1.45. The highest BCUT2D eigenvalue weighted by Crippen LogP contribution is 2.30. The third-order valence-electron chi connectivity index (χ3n) is 6.21. The molecule has 6 nitrogen and oxygen atoms in total. The van der Waals surface area contributed by atoms with Gasteiger partial charge in [-0.15, -0.1) is 0 Å². The summed E-state index contributed by atoms with van der Waals surface area (Å²) in [7, 11) is 0. The molecule has 4 rings (SSSR count). The summed E-state index contributed by atoms with van der Waals surface area (Å²) in [5.74, 6) is 0.833. The molecule has 190 valence electrons. The second kappa shape index (κ2) is 13.0. The number of pyridine rings is 1. The van der Waals surface area contributed by atoms with Crippen LogP contribution in [0, 0.1) is 5.82 Å². The van der Waals surface area contributed by atoms with Crippen molar-refractivity contribution in [2.45, 2.75) is 39.2 Å². The van der Waals surface area contributed by atoms with E-state index >= 15 is 0 Å². The number of rotatable bonds is 11. The maximum absolute atomic E-state index is 13.4. The number of piperidine rings is 1. The minimum absolute atomic E-state index is 0.112. The third kappa shape index (κ3) is 7.52. The van der Waals surface area contributed by atoms with Crippen LogP contribution in [-0.2, 0) is 17.8 Å². The summed E-state index contributed by atoms with van der Waals surface area (Å²) in [5.41, 5.74) is 3.18. The van der Waals surface area contributed by atoms with Gasteiger partial charge < -0.3 is 14.8 Å². The molecule has 1 aromatic heterocycles. The van der Waals surface area contributed by atoms with Crippen LogP contribution in [0.4, 0.5) is 4.39 Å². The maximum atomic E-state index is 13.4. The zero-order valence-electron chi connectivity index (χ0n) is 20.8. The van der Waals surface area contributed by atoms with Crippen molar-refractivity contribution in [3.05, 3.63) is 77.7 Å². The number of aromatic nitrogens is 1. The number of nitrogens with one attached hydrogen (secondary N) is 1. The standard InChI is InChI=1S/C29H34FN3O3/c1-2-35-26-12-9-23(10-13-26)27-14-11-25(20-28(34)31-21-22-7-6-8-24(30)19-22)32-29(27)36-18-17-33-15-4-3-5-16-33/h6-14,19H,2-5,15-18,20-21H2,1H3,(H,31,34). The van der Waals surface area contributed by atoms with E-state index in [0.29, 0.717) is 30.4 Å². The first kappa shape index (κ1) is 25.6. The van der Waals surface area contributed by atoms with E-state index in [0.717, 1.165) is 36.5 Å². The molecule has 1 aliphatic rings. The van der Waals surface area contributed by atoms with E-state index in [9.17, 15) is 9.18 Å². The van der Waals surface area contributed by atoms with Crippen LogP contribution in [-0.4, -0.2) is 48.6 Å². The normalized spacial score (nSPS) is 13.8. The van der Waals surface area contributed by atoms with E-state index in [1.807, 2.05) is 43.3 Å². The SMILES string of the molecule is CCOc1ccc(-c2ccc(CC(=O)NCc3cccc(F)c3)nc2OCCN2CCCCC2)cc1. The maximum Gasteiger partial charge on any atom is 0.226 e. The van der Waals surface area contributed by atoms with Crippen molar-refractivity contribution in [3.63, 3.8) is 0 Å².